The number of nitro benzene ring substituents is 1. The Morgan fingerprint density at radius 2 is 1.75 bits per heavy atom. The van der Waals surface area contributed by atoms with Crippen LogP contribution in [0.5, 0.6) is 0 Å². The molecule has 1 aliphatic rings. The van der Waals surface area contributed by atoms with E-state index in [0.717, 1.165) is 5.56 Å². The molecule has 2 aromatic rings. The van der Waals surface area contributed by atoms with Gasteiger partial charge < -0.3 is 10.2 Å². The van der Waals surface area contributed by atoms with Gasteiger partial charge in [-0.05, 0) is 28.3 Å². The number of carboxylic acids is 2. The van der Waals surface area contributed by atoms with Crippen LogP contribution >= 0.6 is 0 Å². The van der Waals surface area contributed by atoms with Crippen molar-refractivity contribution in [3.05, 3.63) is 63.7 Å². The molecule has 0 unspecified atom stereocenters. The van der Waals surface area contributed by atoms with Crippen LogP contribution in [0.4, 0.5) is 5.69 Å². The van der Waals surface area contributed by atoms with E-state index in [1.807, 2.05) is 0 Å². The molecular weight excluding hydrogens is 314 g/mol. The normalized spacial score (nSPS) is 16.1. The fraction of sp³-hybridized carbons (Fsp3) is 0.176. The molecule has 2 N–H and O–H groups in total. The zero-order valence-electron chi connectivity index (χ0n) is 12.4. The monoisotopic (exact) mass is 327 g/mol. The van der Waals surface area contributed by atoms with E-state index >= 15 is 0 Å². The first-order valence-corrected chi connectivity index (χ1v) is 7.22. The van der Waals surface area contributed by atoms with Gasteiger partial charge in [0.1, 0.15) is 0 Å². The molecule has 0 radical (unpaired) electrons. The summed E-state index contributed by atoms with van der Waals surface area (Å²) in [5, 5.41) is 29.6. The van der Waals surface area contributed by atoms with Crippen molar-refractivity contribution in [2.24, 2.45) is 5.92 Å². The highest BCUT2D eigenvalue weighted by Gasteiger charge is 2.39. The van der Waals surface area contributed by atoms with E-state index in [9.17, 15) is 24.8 Å². The first-order chi connectivity index (χ1) is 11.4. The SMILES string of the molecule is O=C(O)C[C@@H](C(=O)O)[C@@H]1c2ccccc2-c2ccc([N+](=O)[O-])cc21. The molecule has 0 heterocycles. The third kappa shape index (κ3) is 2.50. The molecule has 1 aliphatic carbocycles. The number of aliphatic carboxylic acids is 2. The average molecular weight is 327 g/mol. The first-order valence-electron chi connectivity index (χ1n) is 7.22. The summed E-state index contributed by atoms with van der Waals surface area (Å²) in [6, 6.07) is 11.4. The second-order valence-electron chi connectivity index (χ2n) is 5.64. The van der Waals surface area contributed by atoms with E-state index in [1.165, 1.54) is 12.1 Å². The largest absolute Gasteiger partial charge is 0.481 e. The highest BCUT2D eigenvalue weighted by molar-refractivity contribution is 5.86. The van der Waals surface area contributed by atoms with Gasteiger partial charge >= 0.3 is 11.9 Å². The second-order valence-corrected chi connectivity index (χ2v) is 5.64. The summed E-state index contributed by atoms with van der Waals surface area (Å²) in [7, 11) is 0. The fourth-order valence-electron chi connectivity index (χ4n) is 3.32. The van der Waals surface area contributed by atoms with Crippen molar-refractivity contribution >= 4 is 17.6 Å². The Balaban J connectivity index is 2.22. The van der Waals surface area contributed by atoms with Crippen LogP contribution in [0.25, 0.3) is 11.1 Å². The third-order valence-corrected chi connectivity index (χ3v) is 4.28. The number of carboxylic acid groups (broad SMARTS) is 2. The molecular formula is C17H13NO6. The van der Waals surface area contributed by atoms with Gasteiger partial charge in [0.2, 0.25) is 0 Å². The van der Waals surface area contributed by atoms with Gasteiger partial charge in [0.15, 0.2) is 0 Å². The van der Waals surface area contributed by atoms with Crippen molar-refractivity contribution < 1.29 is 24.7 Å². The Morgan fingerprint density at radius 1 is 1.08 bits per heavy atom. The molecule has 0 aliphatic heterocycles. The number of nitro groups is 1. The zero-order chi connectivity index (χ0) is 17.4. The van der Waals surface area contributed by atoms with Gasteiger partial charge in [-0.2, -0.15) is 0 Å². The molecule has 0 saturated heterocycles. The van der Waals surface area contributed by atoms with E-state index < -0.39 is 35.1 Å². The van der Waals surface area contributed by atoms with Crippen molar-refractivity contribution in [3.63, 3.8) is 0 Å². The molecule has 3 rings (SSSR count). The maximum absolute atomic E-state index is 11.7. The maximum atomic E-state index is 11.7. The Labute approximate surface area is 136 Å². The lowest BCUT2D eigenvalue weighted by molar-refractivity contribution is -0.384. The number of hydrogen-bond donors (Lipinski definition) is 2. The predicted molar refractivity (Wildman–Crippen MR) is 83.8 cm³/mol. The van der Waals surface area contributed by atoms with Gasteiger partial charge in [-0.1, -0.05) is 24.3 Å². The molecule has 2 atom stereocenters. The Bertz CT molecular complexity index is 860. The van der Waals surface area contributed by atoms with E-state index in [2.05, 4.69) is 0 Å². The summed E-state index contributed by atoms with van der Waals surface area (Å²) in [6.45, 7) is 0. The van der Waals surface area contributed by atoms with Crippen LogP contribution < -0.4 is 0 Å². The Kier molecular flexibility index (Phi) is 3.76. The van der Waals surface area contributed by atoms with Gasteiger partial charge in [0, 0.05) is 18.1 Å². The van der Waals surface area contributed by atoms with Crippen LogP contribution in [0.2, 0.25) is 0 Å². The van der Waals surface area contributed by atoms with Gasteiger partial charge in [0.25, 0.3) is 5.69 Å². The van der Waals surface area contributed by atoms with Gasteiger partial charge in [-0.15, -0.1) is 0 Å². The number of fused-ring (bicyclic) bond motifs is 3. The number of hydrogen-bond acceptors (Lipinski definition) is 4. The van der Waals surface area contributed by atoms with Crippen molar-refractivity contribution in [2.45, 2.75) is 12.3 Å². The maximum Gasteiger partial charge on any atom is 0.308 e. The van der Waals surface area contributed by atoms with Crippen LogP contribution in [-0.4, -0.2) is 27.1 Å². The van der Waals surface area contributed by atoms with Crippen molar-refractivity contribution in [1.82, 2.24) is 0 Å². The third-order valence-electron chi connectivity index (χ3n) is 4.28. The summed E-state index contributed by atoms with van der Waals surface area (Å²) in [4.78, 5) is 33.3. The number of nitrogens with zero attached hydrogens (tertiary/aromatic N) is 1. The van der Waals surface area contributed by atoms with E-state index in [-0.39, 0.29) is 5.69 Å². The lowest BCUT2D eigenvalue weighted by Gasteiger charge is -2.20. The molecule has 0 spiro atoms. The molecule has 0 fully saturated rings. The first kappa shape index (κ1) is 15.7. The average Bonchev–Trinajstić information content (AvgIpc) is 2.85. The fourth-order valence-corrected chi connectivity index (χ4v) is 3.32. The van der Waals surface area contributed by atoms with Crippen molar-refractivity contribution in [2.75, 3.05) is 0 Å². The summed E-state index contributed by atoms with van der Waals surface area (Å²) < 4.78 is 0. The van der Waals surface area contributed by atoms with E-state index in [1.54, 1.807) is 30.3 Å². The smallest absolute Gasteiger partial charge is 0.308 e. The molecule has 2 aromatic carbocycles. The summed E-state index contributed by atoms with van der Waals surface area (Å²) >= 11 is 0. The van der Waals surface area contributed by atoms with Crippen LogP contribution in [0.1, 0.15) is 23.5 Å². The van der Waals surface area contributed by atoms with Crippen molar-refractivity contribution in [3.8, 4) is 11.1 Å². The topological polar surface area (TPSA) is 118 Å². The number of rotatable bonds is 5. The highest BCUT2D eigenvalue weighted by Crippen LogP contribution is 2.49. The van der Waals surface area contributed by atoms with Gasteiger partial charge in [-0.3, -0.25) is 19.7 Å². The molecule has 0 aromatic heterocycles. The van der Waals surface area contributed by atoms with Crippen LogP contribution in [0, 0.1) is 16.0 Å². The van der Waals surface area contributed by atoms with E-state index in [0.29, 0.717) is 16.7 Å². The summed E-state index contributed by atoms with van der Waals surface area (Å²) in [6.07, 6.45) is -0.559. The molecule has 0 amide bonds. The molecule has 122 valence electrons. The lowest BCUT2D eigenvalue weighted by atomic mass is 9.82. The molecule has 24 heavy (non-hydrogen) atoms. The minimum atomic E-state index is -1.24. The Hall–Kier alpha value is -3.22. The number of benzene rings is 2. The molecule has 0 bridgehead atoms. The van der Waals surface area contributed by atoms with Crippen molar-refractivity contribution in [1.29, 1.82) is 0 Å². The minimum absolute atomic E-state index is 0.147. The second kappa shape index (κ2) is 5.77. The standard InChI is InChI=1S/C17H13NO6/c19-15(20)8-14(17(21)22)16-12-4-2-1-3-10(12)11-6-5-9(18(23)24)7-13(11)16/h1-7,14,16H,8H2,(H,19,20)(H,21,22)/t14-,16-/m1/s1. The zero-order valence-corrected chi connectivity index (χ0v) is 12.4. The Morgan fingerprint density at radius 3 is 2.38 bits per heavy atom. The van der Waals surface area contributed by atoms with E-state index in [4.69, 9.17) is 5.11 Å². The number of non-ortho nitro benzene ring substituents is 1. The lowest BCUT2D eigenvalue weighted by Crippen LogP contribution is -2.24. The highest BCUT2D eigenvalue weighted by atomic mass is 16.6. The number of carbonyl (C=O) groups is 2. The van der Waals surface area contributed by atoms with Gasteiger partial charge in [-0.25, -0.2) is 0 Å². The molecule has 0 saturated carbocycles. The summed E-state index contributed by atoms with van der Waals surface area (Å²) in [5.41, 5.74) is 2.51. The van der Waals surface area contributed by atoms with Gasteiger partial charge in [0.05, 0.1) is 17.3 Å². The predicted octanol–water partition coefficient (Wildman–Crippen LogP) is 2.88. The molecule has 7 nitrogen and oxygen atoms in total. The molecule has 7 heteroatoms. The van der Waals surface area contributed by atoms with Crippen LogP contribution in [0.15, 0.2) is 42.5 Å². The quantitative estimate of drug-likeness (QED) is 0.644. The van der Waals surface area contributed by atoms with Crippen LogP contribution in [0.3, 0.4) is 0 Å². The van der Waals surface area contributed by atoms with Crippen LogP contribution in [-0.2, 0) is 9.59 Å². The minimum Gasteiger partial charge on any atom is -0.481 e. The summed E-state index contributed by atoms with van der Waals surface area (Å²) in [5.74, 6) is -4.40.